The van der Waals surface area contributed by atoms with Crippen LogP contribution in [0.25, 0.3) is 0 Å². The largest absolute Gasteiger partial charge is 0.444 e. The molecular formula is C23H30N2O4S. The van der Waals surface area contributed by atoms with Crippen molar-refractivity contribution in [3.05, 3.63) is 65.2 Å². The number of amides is 1. The molecule has 1 aliphatic rings. The van der Waals surface area contributed by atoms with E-state index in [0.29, 0.717) is 0 Å². The molecule has 3 atom stereocenters. The number of ether oxygens (including phenoxy) is 1. The van der Waals surface area contributed by atoms with E-state index in [1.807, 2.05) is 38.1 Å². The van der Waals surface area contributed by atoms with Crippen molar-refractivity contribution >= 4 is 15.9 Å². The van der Waals surface area contributed by atoms with Gasteiger partial charge in [-0.1, -0.05) is 47.5 Å². The smallest absolute Gasteiger partial charge is 0.408 e. The van der Waals surface area contributed by atoms with Gasteiger partial charge in [0.05, 0.1) is 10.4 Å². The van der Waals surface area contributed by atoms with Gasteiger partial charge < -0.3 is 15.8 Å². The van der Waals surface area contributed by atoms with Crippen LogP contribution in [0.5, 0.6) is 0 Å². The molecule has 1 aliphatic carbocycles. The van der Waals surface area contributed by atoms with Gasteiger partial charge in [0.25, 0.3) is 0 Å². The van der Waals surface area contributed by atoms with Crippen LogP contribution in [0.1, 0.15) is 43.4 Å². The highest BCUT2D eigenvalue weighted by molar-refractivity contribution is 7.92. The van der Waals surface area contributed by atoms with Gasteiger partial charge in [0.1, 0.15) is 10.9 Å². The third-order valence-corrected chi connectivity index (χ3v) is 7.74. The Kier molecular flexibility index (Phi) is 5.73. The predicted octanol–water partition coefficient (Wildman–Crippen LogP) is 3.47. The summed E-state index contributed by atoms with van der Waals surface area (Å²) in [6.45, 7) is 9.11. The fourth-order valence-electron chi connectivity index (χ4n) is 3.92. The standard InChI is InChI=1S/C23H30N2O4S/c1-15-6-10-17(11-7-15)19-20(30(27,28)18-12-8-16(2)9-13-18)23(19,14-24)25-21(26)29-22(3,4)5/h6-13,19-20H,14,24H2,1-5H3,(H,25,26)/t19-,20-,23+/m1/s1. The molecule has 0 radical (unpaired) electrons. The van der Waals surface area contributed by atoms with Crippen LogP contribution >= 0.6 is 0 Å². The fourth-order valence-corrected chi connectivity index (χ4v) is 6.26. The van der Waals surface area contributed by atoms with Crippen molar-refractivity contribution < 1.29 is 17.9 Å². The first-order chi connectivity index (χ1) is 13.9. The van der Waals surface area contributed by atoms with Crippen molar-refractivity contribution in [1.29, 1.82) is 0 Å². The van der Waals surface area contributed by atoms with Gasteiger partial charge in [-0.3, -0.25) is 0 Å². The van der Waals surface area contributed by atoms with E-state index in [4.69, 9.17) is 10.5 Å². The number of alkyl carbamates (subject to hydrolysis) is 1. The number of aryl methyl sites for hydroxylation is 2. The molecule has 1 amide bonds. The molecule has 7 heteroatoms. The maximum atomic E-state index is 13.5. The lowest BCUT2D eigenvalue weighted by atomic mass is 10.0. The Labute approximate surface area is 178 Å². The molecule has 3 rings (SSSR count). The predicted molar refractivity (Wildman–Crippen MR) is 117 cm³/mol. The van der Waals surface area contributed by atoms with Crippen LogP contribution < -0.4 is 11.1 Å². The monoisotopic (exact) mass is 430 g/mol. The van der Waals surface area contributed by atoms with Crippen LogP contribution in [-0.4, -0.2) is 37.4 Å². The van der Waals surface area contributed by atoms with Gasteiger partial charge in [-0.2, -0.15) is 0 Å². The second-order valence-electron chi connectivity index (χ2n) is 9.04. The maximum absolute atomic E-state index is 13.5. The molecule has 0 spiro atoms. The summed E-state index contributed by atoms with van der Waals surface area (Å²) in [5.74, 6) is -0.470. The Morgan fingerprint density at radius 3 is 2.00 bits per heavy atom. The van der Waals surface area contributed by atoms with Crippen molar-refractivity contribution in [2.45, 2.75) is 61.8 Å². The highest BCUT2D eigenvalue weighted by Gasteiger charge is 2.71. The molecule has 1 fully saturated rings. The van der Waals surface area contributed by atoms with Gasteiger partial charge in [-0.05, 0) is 52.3 Å². The minimum Gasteiger partial charge on any atom is -0.444 e. The summed E-state index contributed by atoms with van der Waals surface area (Å²) in [5, 5.41) is 1.93. The number of benzene rings is 2. The molecule has 0 heterocycles. The molecule has 30 heavy (non-hydrogen) atoms. The van der Waals surface area contributed by atoms with Crippen LogP contribution in [-0.2, 0) is 14.6 Å². The number of carbonyl (C=O) groups excluding carboxylic acids is 1. The van der Waals surface area contributed by atoms with E-state index in [1.54, 1.807) is 45.0 Å². The zero-order chi connectivity index (χ0) is 22.3. The van der Waals surface area contributed by atoms with Crippen LogP contribution in [0.4, 0.5) is 4.79 Å². The van der Waals surface area contributed by atoms with Crippen LogP contribution in [0.15, 0.2) is 53.4 Å². The molecule has 0 aliphatic heterocycles. The van der Waals surface area contributed by atoms with Crippen molar-refractivity contribution in [1.82, 2.24) is 5.32 Å². The summed E-state index contributed by atoms with van der Waals surface area (Å²) in [7, 11) is -3.75. The molecule has 0 bridgehead atoms. The normalized spacial score (nSPS) is 23.7. The topological polar surface area (TPSA) is 98.5 Å². The van der Waals surface area contributed by atoms with Gasteiger partial charge in [0, 0.05) is 12.5 Å². The van der Waals surface area contributed by atoms with E-state index in [9.17, 15) is 13.2 Å². The number of hydrogen-bond donors (Lipinski definition) is 2. The molecule has 1 saturated carbocycles. The molecule has 6 nitrogen and oxygen atoms in total. The Balaban J connectivity index is 2.03. The van der Waals surface area contributed by atoms with Crippen molar-refractivity contribution in [3.63, 3.8) is 0 Å². The number of hydrogen-bond acceptors (Lipinski definition) is 5. The molecule has 0 unspecified atom stereocenters. The molecule has 0 aromatic heterocycles. The lowest BCUT2D eigenvalue weighted by Gasteiger charge is -2.24. The van der Waals surface area contributed by atoms with Crippen LogP contribution in [0, 0.1) is 13.8 Å². The molecule has 0 saturated heterocycles. The average Bonchev–Trinajstić information content (AvgIpc) is 3.30. The first-order valence-corrected chi connectivity index (χ1v) is 11.5. The van der Waals surface area contributed by atoms with Crippen molar-refractivity contribution in [3.8, 4) is 0 Å². The molecule has 2 aromatic rings. The quantitative estimate of drug-likeness (QED) is 0.757. The first-order valence-electron chi connectivity index (χ1n) is 9.99. The Morgan fingerprint density at radius 2 is 1.53 bits per heavy atom. The Morgan fingerprint density at radius 1 is 1.03 bits per heavy atom. The maximum Gasteiger partial charge on any atom is 0.408 e. The number of rotatable bonds is 5. The summed E-state index contributed by atoms with van der Waals surface area (Å²) in [4.78, 5) is 12.8. The van der Waals surface area contributed by atoms with Crippen LogP contribution in [0.3, 0.4) is 0 Å². The summed E-state index contributed by atoms with van der Waals surface area (Å²) in [5.41, 5.74) is 7.10. The van der Waals surface area contributed by atoms with Crippen molar-refractivity contribution in [2.24, 2.45) is 5.73 Å². The van der Waals surface area contributed by atoms with E-state index in [1.165, 1.54) is 0 Å². The number of nitrogens with one attached hydrogen (secondary N) is 1. The van der Waals surface area contributed by atoms with E-state index >= 15 is 0 Å². The zero-order valence-corrected chi connectivity index (χ0v) is 18.9. The summed E-state index contributed by atoms with van der Waals surface area (Å²) < 4.78 is 32.5. The van der Waals surface area contributed by atoms with Gasteiger partial charge in [-0.15, -0.1) is 0 Å². The van der Waals surface area contributed by atoms with E-state index in [2.05, 4.69) is 5.32 Å². The Hall–Kier alpha value is -2.38. The summed E-state index contributed by atoms with van der Waals surface area (Å²) >= 11 is 0. The average molecular weight is 431 g/mol. The van der Waals surface area contributed by atoms with Gasteiger partial charge in [0.15, 0.2) is 9.84 Å². The van der Waals surface area contributed by atoms with Gasteiger partial charge in [0.2, 0.25) is 0 Å². The van der Waals surface area contributed by atoms with Crippen molar-refractivity contribution in [2.75, 3.05) is 6.54 Å². The van der Waals surface area contributed by atoms with E-state index < -0.39 is 38.2 Å². The number of sulfone groups is 1. The lowest BCUT2D eigenvalue weighted by molar-refractivity contribution is 0.0497. The minimum absolute atomic E-state index is 0.0272. The molecule has 2 aromatic carbocycles. The van der Waals surface area contributed by atoms with Gasteiger partial charge in [-0.25, -0.2) is 13.2 Å². The second kappa shape index (κ2) is 7.71. The van der Waals surface area contributed by atoms with E-state index in [0.717, 1.165) is 16.7 Å². The third kappa shape index (κ3) is 4.23. The summed E-state index contributed by atoms with van der Waals surface area (Å²) in [6, 6.07) is 14.4. The third-order valence-electron chi connectivity index (χ3n) is 5.45. The highest BCUT2D eigenvalue weighted by atomic mass is 32.2. The molecular weight excluding hydrogens is 400 g/mol. The summed E-state index contributed by atoms with van der Waals surface area (Å²) in [6.07, 6.45) is -0.674. The number of nitrogens with two attached hydrogens (primary N) is 1. The minimum atomic E-state index is -3.75. The zero-order valence-electron chi connectivity index (χ0n) is 18.1. The fraction of sp³-hybridized carbons (Fsp3) is 0.435. The van der Waals surface area contributed by atoms with Gasteiger partial charge >= 0.3 is 6.09 Å². The first kappa shape index (κ1) is 22.3. The lowest BCUT2D eigenvalue weighted by Crippen LogP contribution is -2.49. The molecule has 162 valence electrons. The van der Waals surface area contributed by atoms with Crippen LogP contribution in [0.2, 0.25) is 0 Å². The SMILES string of the molecule is Cc1ccc([C@@H]2[C@@H](S(=O)(=O)c3ccc(C)cc3)[C@@]2(CN)NC(=O)OC(C)(C)C)cc1. The number of carbonyl (C=O) groups is 1. The van der Waals surface area contributed by atoms with E-state index in [-0.39, 0.29) is 11.4 Å². The Bertz CT molecular complexity index is 1020. The highest BCUT2D eigenvalue weighted by Crippen LogP contribution is 2.57. The molecule has 3 N–H and O–H groups in total. The second-order valence-corrected chi connectivity index (χ2v) is 11.1.